The molecule has 2 aliphatic rings. The van der Waals surface area contributed by atoms with Crippen molar-refractivity contribution in [3.63, 3.8) is 0 Å². The van der Waals surface area contributed by atoms with Crippen LogP contribution in [0.1, 0.15) is 37.4 Å². The predicted molar refractivity (Wildman–Crippen MR) is 86.7 cm³/mol. The average molecular weight is 309 g/mol. The molecule has 2 saturated heterocycles. The molecule has 0 bridgehead atoms. The summed E-state index contributed by atoms with van der Waals surface area (Å²) in [5, 5.41) is 11.1. The molecular weight excluding hydrogens is 284 g/mol. The summed E-state index contributed by atoms with van der Waals surface area (Å²) in [5.74, 6) is 0. The molecule has 2 fully saturated rings. The Balaban J connectivity index is 1.58. The number of halogens is 1. The Kier molecular flexibility index (Phi) is 5.17. The molecule has 0 aliphatic carbocycles. The molecule has 21 heavy (non-hydrogen) atoms. The summed E-state index contributed by atoms with van der Waals surface area (Å²) in [6.07, 6.45) is 4.74. The highest BCUT2D eigenvalue weighted by atomic mass is 35.5. The Labute approximate surface area is 132 Å². The van der Waals surface area contributed by atoms with E-state index in [9.17, 15) is 5.11 Å². The van der Waals surface area contributed by atoms with Crippen molar-refractivity contribution in [2.45, 2.75) is 37.8 Å². The third-order valence-corrected chi connectivity index (χ3v) is 5.18. The first-order chi connectivity index (χ1) is 10.2. The van der Waals surface area contributed by atoms with Crippen molar-refractivity contribution in [1.29, 1.82) is 0 Å². The highest BCUT2D eigenvalue weighted by molar-refractivity contribution is 6.31. The molecule has 0 unspecified atom stereocenters. The van der Waals surface area contributed by atoms with E-state index in [2.05, 4.69) is 9.80 Å². The van der Waals surface area contributed by atoms with Crippen LogP contribution in [0.5, 0.6) is 0 Å². The van der Waals surface area contributed by atoms with Crippen LogP contribution in [-0.2, 0) is 0 Å². The lowest BCUT2D eigenvalue weighted by molar-refractivity contribution is 0.0651. The molecule has 2 heterocycles. The van der Waals surface area contributed by atoms with Crippen LogP contribution in [0, 0.1) is 0 Å². The van der Waals surface area contributed by atoms with Crippen molar-refractivity contribution < 1.29 is 5.11 Å². The number of aliphatic hydroxyl groups excluding tert-OH is 1. The molecule has 1 aromatic carbocycles. The first-order valence-corrected chi connectivity index (χ1v) is 8.51. The second-order valence-corrected chi connectivity index (χ2v) is 6.74. The molecule has 3 nitrogen and oxygen atoms in total. The van der Waals surface area contributed by atoms with Crippen LogP contribution >= 0.6 is 11.6 Å². The van der Waals surface area contributed by atoms with Gasteiger partial charge in [0.1, 0.15) is 0 Å². The van der Waals surface area contributed by atoms with E-state index in [0.29, 0.717) is 17.6 Å². The largest absolute Gasteiger partial charge is 0.387 e. The van der Waals surface area contributed by atoms with Crippen LogP contribution in [0.4, 0.5) is 0 Å². The number of benzene rings is 1. The first kappa shape index (κ1) is 15.3. The van der Waals surface area contributed by atoms with Crippen LogP contribution in [0.2, 0.25) is 5.02 Å². The van der Waals surface area contributed by atoms with Crippen LogP contribution < -0.4 is 0 Å². The molecule has 0 saturated carbocycles. The number of β-amino-alcohol motifs (C(OH)–C–C–N with tert-alkyl or cyclic N) is 1. The predicted octanol–water partition coefficient (Wildman–Crippen LogP) is 2.93. The summed E-state index contributed by atoms with van der Waals surface area (Å²) in [6.45, 7) is 5.37. The van der Waals surface area contributed by atoms with E-state index < -0.39 is 6.10 Å². The molecule has 0 amide bonds. The first-order valence-electron chi connectivity index (χ1n) is 8.13. The average Bonchev–Trinajstić information content (AvgIpc) is 3.02. The van der Waals surface area contributed by atoms with Crippen LogP contribution in [0.25, 0.3) is 0 Å². The highest BCUT2D eigenvalue weighted by Crippen LogP contribution is 2.26. The number of nitrogens with zero attached hydrogens (tertiary/aromatic N) is 2. The third-order valence-electron chi connectivity index (χ3n) is 4.83. The summed E-state index contributed by atoms with van der Waals surface area (Å²) in [4.78, 5) is 5.04. The number of hydrogen-bond acceptors (Lipinski definition) is 3. The lowest BCUT2D eigenvalue weighted by Gasteiger charge is -2.38. The molecule has 2 atom stereocenters. The maximum absolute atomic E-state index is 10.5. The minimum atomic E-state index is -0.490. The van der Waals surface area contributed by atoms with Gasteiger partial charge >= 0.3 is 0 Å². The zero-order valence-corrected chi connectivity index (χ0v) is 13.3. The normalized spacial score (nSPS) is 26.1. The van der Waals surface area contributed by atoms with Crippen LogP contribution in [0.3, 0.4) is 0 Å². The van der Waals surface area contributed by atoms with Gasteiger partial charge in [-0.2, -0.15) is 0 Å². The van der Waals surface area contributed by atoms with Gasteiger partial charge in [0, 0.05) is 29.7 Å². The van der Waals surface area contributed by atoms with Crippen molar-refractivity contribution in [3.8, 4) is 0 Å². The van der Waals surface area contributed by atoms with Gasteiger partial charge in [-0.3, -0.25) is 9.80 Å². The van der Waals surface area contributed by atoms with Gasteiger partial charge in [0.15, 0.2) is 0 Å². The molecule has 0 radical (unpaired) electrons. The molecule has 3 rings (SSSR count). The fourth-order valence-electron chi connectivity index (χ4n) is 3.69. The highest BCUT2D eigenvalue weighted by Gasteiger charge is 2.28. The van der Waals surface area contributed by atoms with Gasteiger partial charge in [0.2, 0.25) is 0 Å². The lowest BCUT2D eigenvalue weighted by atomic mass is 10.0. The van der Waals surface area contributed by atoms with Gasteiger partial charge in [-0.05, 0) is 51.4 Å². The molecular formula is C17H25ClN2O. The molecule has 2 aliphatic heterocycles. The molecule has 116 valence electrons. The number of likely N-dealkylation sites (tertiary alicyclic amines) is 2. The monoisotopic (exact) mass is 308 g/mol. The summed E-state index contributed by atoms with van der Waals surface area (Å²) in [7, 11) is 0. The Morgan fingerprint density at radius 1 is 1.14 bits per heavy atom. The summed E-state index contributed by atoms with van der Waals surface area (Å²) in [6, 6.07) is 8.30. The van der Waals surface area contributed by atoms with E-state index >= 15 is 0 Å². The van der Waals surface area contributed by atoms with Gasteiger partial charge in [-0.25, -0.2) is 0 Å². The topological polar surface area (TPSA) is 26.7 Å². The molecule has 4 heteroatoms. The zero-order valence-electron chi connectivity index (χ0n) is 12.5. The molecule has 0 spiro atoms. The second-order valence-electron chi connectivity index (χ2n) is 6.34. The lowest BCUT2D eigenvalue weighted by Crippen LogP contribution is -2.47. The van der Waals surface area contributed by atoms with Crippen LogP contribution in [0.15, 0.2) is 24.3 Å². The second kappa shape index (κ2) is 7.10. The van der Waals surface area contributed by atoms with Gasteiger partial charge < -0.3 is 5.11 Å². The Bertz CT molecular complexity index is 462. The van der Waals surface area contributed by atoms with E-state index in [4.69, 9.17) is 11.6 Å². The molecule has 0 aromatic heterocycles. The van der Waals surface area contributed by atoms with E-state index in [1.54, 1.807) is 0 Å². The number of piperidine rings is 1. The molecule has 1 N–H and O–H groups in total. The minimum Gasteiger partial charge on any atom is -0.387 e. The quantitative estimate of drug-likeness (QED) is 0.926. The van der Waals surface area contributed by atoms with Crippen molar-refractivity contribution in [1.82, 2.24) is 9.80 Å². The number of aliphatic hydroxyl groups is 1. The van der Waals surface area contributed by atoms with E-state index in [1.807, 2.05) is 24.3 Å². The number of hydrogen-bond donors (Lipinski definition) is 1. The summed E-state index contributed by atoms with van der Waals surface area (Å²) >= 11 is 6.18. The number of rotatable bonds is 4. The maximum Gasteiger partial charge on any atom is 0.0931 e. The van der Waals surface area contributed by atoms with Gasteiger partial charge in [-0.1, -0.05) is 29.8 Å². The standard InChI is InChI=1S/C17H25ClN2O/c18-16-8-2-1-7-15(16)17(21)13-19-9-5-6-14(12-19)20-10-3-4-11-20/h1-2,7-8,14,17,21H,3-6,9-13H2/t14-,17-/m1/s1. The van der Waals surface area contributed by atoms with Crippen molar-refractivity contribution in [2.24, 2.45) is 0 Å². The summed E-state index contributed by atoms with van der Waals surface area (Å²) < 4.78 is 0. The SMILES string of the molecule is O[C@H](CN1CCC[C@@H](N2CCCC2)C1)c1ccccc1Cl. The van der Waals surface area contributed by atoms with Crippen molar-refractivity contribution in [3.05, 3.63) is 34.9 Å². The Morgan fingerprint density at radius 2 is 1.90 bits per heavy atom. The Hall–Kier alpha value is -0.610. The zero-order chi connectivity index (χ0) is 14.7. The van der Waals surface area contributed by atoms with E-state index in [1.165, 1.54) is 38.8 Å². The fraction of sp³-hybridized carbons (Fsp3) is 0.647. The van der Waals surface area contributed by atoms with Crippen LogP contribution in [-0.4, -0.2) is 53.7 Å². The van der Waals surface area contributed by atoms with Gasteiger partial charge in [-0.15, -0.1) is 0 Å². The summed E-state index contributed by atoms with van der Waals surface area (Å²) in [5.41, 5.74) is 0.850. The van der Waals surface area contributed by atoms with Gasteiger partial charge in [0.25, 0.3) is 0 Å². The fourth-order valence-corrected chi connectivity index (χ4v) is 3.95. The maximum atomic E-state index is 10.5. The minimum absolute atomic E-state index is 0.490. The smallest absolute Gasteiger partial charge is 0.0931 e. The van der Waals surface area contributed by atoms with Gasteiger partial charge in [0.05, 0.1) is 6.10 Å². The van der Waals surface area contributed by atoms with E-state index in [-0.39, 0.29) is 0 Å². The van der Waals surface area contributed by atoms with E-state index in [0.717, 1.165) is 18.7 Å². The molecule has 1 aromatic rings. The van der Waals surface area contributed by atoms with Crippen molar-refractivity contribution in [2.75, 3.05) is 32.7 Å². The Morgan fingerprint density at radius 3 is 2.67 bits per heavy atom. The third kappa shape index (κ3) is 3.78. The van der Waals surface area contributed by atoms with Crippen molar-refractivity contribution >= 4 is 11.6 Å².